The van der Waals surface area contributed by atoms with E-state index in [1.807, 2.05) is 24.3 Å². The Kier molecular flexibility index (Phi) is 7.71. The van der Waals surface area contributed by atoms with Crippen molar-refractivity contribution >= 4 is 23.6 Å². The van der Waals surface area contributed by atoms with Crippen molar-refractivity contribution in [3.8, 4) is 17.6 Å². The van der Waals surface area contributed by atoms with Gasteiger partial charge in [-0.05, 0) is 30.2 Å². The second-order valence-corrected chi connectivity index (χ2v) is 5.97. The largest absolute Gasteiger partial charge is 0.493 e. The van der Waals surface area contributed by atoms with Crippen LogP contribution in [0.25, 0.3) is 6.08 Å². The van der Waals surface area contributed by atoms with Crippen LogP contribution in [0.15, 0.2) is 36.2 Å². The number of hydrogen-bond acceptors (Lipinski definition) is 5. The highest BCUT2D eigenvalue weighted by atomic mass is 35.5. The Morgan fingerprint density at radius 3 is 2.81 bits per heavy atom. The van der Waals surface area contributed by atoms with Crippen molar-refractivity contribution in [2.24, 2.45) is 0 Å². The van der Waals surface area contributed by atoms with E-state index in [1.54, 1.807) is 31.3 Å². The maximum absolute atomic E-state index is 12.2. The molecule has 0 fully saturated rings. The van der Waals surface area contributed by atoms with Crippen LogP contribution in [0.4, 0.5) is 0 Å². The van der Waals surface area contributed by atoms with Crippen LogP contribution >= 0.6 is 11.6 Å². The first-order chi connectivity index (χ1) is 13.1. The van der Waals surface area contributed by atoms with Gasteiger partial charge in [-0.3, -0.25) is 9.48 Å². The van der Waals surface area contributed by atoms with Gasteiger partial charge in [-0.25, -0.2) is 0 Å². The van der Waals surface area contributed by atoms with E-state index in [4.69, 9.17) is 21.1 Å². The normalized spacial score (nSPS) is 11.0. The number of carbonyl (C=O) groups excluding carboxylic acids is 1. The van der Waals surface area contributed by atoms with Gasteiger partial charge in [-0.15, -0.1) is 11.6 Å². The minimum Gasteiger partial charge on any atom is -0.493 e. The molecule has 0 aliphatic carbocycles. The lowest BCUT2D eigenvalue weighted by Crippen LogP contribution is -2.26. The first-order valence-corrected chi connectivity index (χ1v) is 8.84. The summed E-state index contributed by atoms with van der Waals surface area (Å²) in [6.45, 7) is 0.952. The molecule has 8 heteroatoms. The van der Waals surface area contributed by atoms with Crippen LogP contribution in [0.2, 0.25) is 0 Å². The number of nitrogens with one attached hydrogen (secondary N) is 1. The molecule has 0 aliphatic rings. The topological polar surface area (TPSA) is 89.2 Å². The third kappa shape index (κ3) is 5.76. The van der Waals surface area contributed by atoms with Crippen molar-refractivity contribution in [2.75, 3.05) is 26.6 Å². The minimum atomic E-state index is -0.428. The molecular formula is C19H21ClN4O3. The number of ether oxygens (including phenoxy) is 2. The van der Waals surface area contributed by atoms with Crippen molar-refractivity contribution in [2.45, 2.75) is 13.0 Å². The Morgan fingerprint density at radius 1 is 1.37 bits per heavy atom. The third-order valence-corrected chi connectivity index (χ3v) is 3.96. The zero-order valence-corrected chi connectivity index (χ0v) is 16.0. The second kappa shape index (κ2) is 10.2. The Balaban J connectivity index is 1.95. The van der Waals surface area contributed by atoms with Gasteiger partial charge in [0.1, 0.15) is 11.6 Å². The molecule has 0 bridgehead atoms. The lowest BCUT2D eigenvalue weighted by Gasteiger charge is -2.10. The summed E-state index contributed by atoms with van der Waals surface area (Å²) < 4.78 is 12.1. The lowest BCUT2D eigenvalue weighted by atomic mass is 10.1. The van der Waals surface area contributed by atoms with Gasteiger partial charge < -0.3 is 14.8 Å². The molecule has 7 nitrogen and oxygen atoms in total. The van der Waals surface area contributed by atoms with Crippen LogP contribution in [0.3, 0.4) is 0 Å². The molecule has 0 spiro atoms. The van der Waals surface area contributed by atoms with E-state index in [2.05, 4.69) is 10.4 Å². The molecule has 142 valence electrons. The maximum Gasteiger partial charge on any atom is 0.261 e. The number of amides is 1. The Morgan fingerprint density at radius 2 is 2.15 bits per heavy atom. The third-order valence-electron chi connectivity index (χ3n) is 3.79. The molecule has 0 unspecified atom stereocenters. The van der Waals surface area contributed by atoms with Gasteiger partial charge in [0.25, 0.3) is 5.91 Å². The number of halogens is 1. The van der Waals surface area contributed by atoms with E-state index < -0.39 is 5.91 Å². The smallest absolute Gasteiger partial charge is 0.261 e. The molecule has 0 saturated carbocycles. The van der Waals surface area contributed by atoms with E-state index >= 15 is 0 Å². The van der Waals surface area contributed by atoms with Gasteiger partial charge in [0.05, 0.1) is 27.0 Å². The van der Waals surface area contributed by atoms with Crippen LogP contribution in [0.1, 0.15) is 11.1 Å². The number of aryl methyl sites for hydroxylation is 1. The fourth-order valence-corrected chi connectivity index (χ4v) is 2.60. The van der Waals surface area contributed by atoms with Gasteiger partial charge in [-0.1, -0.05) is 6.07 Å². The van der Waals surface area contributed by atoms with Crippen LogP contribution in [0.5, 0.6) is 11.5 Å². The summed E-state index contributed by atoms with van der Waals surface area (Å²) in [4.78, 5) is 12.2. The van der Waals surface area contributed by atoms with Gasteiger partial charge >= 0.3 is 0 Å². The minimum absolute atomic E-state index is 0.0211. The van der Waals surface area contributed by atoms with Crippen molar-refractivity contribution in [3.05, 3.63) is 47.3 Å². The van der Waals surface area contributed by atoms with Gasteiger partial charge in [0.2, 0.25) is 0 Å². The molecule has 0 aliphatic heterocycles. The Bertz CT molecular complexity index is 855. The molecule has 0 atom stereocenters. The molecular weight excluding hydrogens is 368 g/mol. The number of rotatable bonds is 9. The van der Waals surface area contributed by atoms with E-state index in [1.165, 1.54) is 6.08 Å². The number of nitriles is 1. The predicted molar refractivity (Wildman–Crippen MR) is 103 cm³/mol. The van der Waals surface area contributed by atoms with Crippen molar-refractivity contribution in [1.29, 1.82) is 5.26 Å². The Labute approximate surface area is 163 Å². The van der Waals surface area contributed by atoms with Gasteiger partial charge in [0, 0.05) is 24.2 Å². The van der Waals surface area contributed by atoms with Crippen LogP contribution in [0, 0.1) is 11.3 Å². The average Bonchev–Trinajstić information content (AvgIpc) is 3.13. The molecule has 27 heavy (non-hydrogen) atoms. The van der Waals surface area contributed by atoms with Crippen LogP contribution in [-0.4, -0.2) is 42.3 Å². The molecule has 1 aromatic carbocycles. The first kappa shape index (κ1) is 20.3. The summed E-state index contributed by atoms with van der Waals surface area (Å²) in [6, 6.07) is 7.50. The molecule has 2 rings (SSSR count). The standard InChI is InChI=1S/C19H21ClN4O3/c1-26-17-4-3-14(10-18(17)27-2)5-7-22-19(25)16(11-21)9-15-12-23-24(13-15)8-6-20/h3-4,9-10,12-13H,5-8H2,1-2H3,(H,22,25). The zero-order valence-electron chi connectivity index (χ0n) is 15.2. The number of carbonyl (C=O) groups is 1. The summed E-state index contributed by atoms with van der Waals surface area (Å²) in [7, 11) is 3.15. The van der Waals surface area contributed by atoms with E-state index in [9.17, 15) is 10.1 Å². The number of nitrogens with zero attached hydrogens (tertiary/aromatic N) is 3. The fourth-order valence-electron chi connectivity index (χ4n) is 2.43. The summed E-state index contributed by atoms with van der Waals surface area (Å²) in [5.41, 5.74) is 1.68. The summed E-state index contributed by atoms with van der Waals surface area (Å²) in [5, 5.41) is 16.1. The maximum atomic E-state index is 12.2. The Hall–Kier alpha value is -2.98. The number of alkyl halides is 1. The monoisotopic (exact) mass is 388 g/mol. The highest BCUT2D eigenvalue weighted by molar-refractivity contribution is 6.17. The van der Waals surface area contributed by atoms with Crippen molar-refractivity contribution in [3.63, 3.8) is 0 Å². The SMILES string of the molecule is COc1ccc(CCNC(=O)C(C#N)=Cc2cnn(CCCl)c2)cc1OC. The van der Waals surface area contributed by atoms with E-state index in [-0.39, 0.29) is 5.57 Å². The number of benzene rings is 1. The molecule has 1 aromatic heterocycles. The second-order valence-electron chi connectivity index (χ2n) is 5.59. The molecule has 1 heterocycles. The molecule has 0 saturated heterocycles. The van der Waals surface area contributed by atoms with E-state index in [0.717, 1.165) is 5.56 Å². The highest BCUT2D eigenvalue weighted by Crippen LogP contribution is 2.27. The van der Waals surface area contributed by atoms with Crippen molar-refractivity contribution < 1.29 is 14.3 Å². The van der Waals surface area contributed by atoms with Gasteiger partial charge in [-0.2, -0.15) is 10.4 Å². The van der Waals surface area contributed by atoms with Crippen molar-refractivity contribution in [1.82, 2.24) is 15.1 Å². The quantitative estimate of drug-likeness (QED) is 0.405. The summed E-state index contributed by atoms with van der Waals surface area (Å²) in [5.74, 6) is 1.29. The highest BCUT2D eigenvalue weighted by Gasteiger charge is 2.10. The van der Waals surface area contributed by atoms with E-state index in [0.29, 0.717) is 42.5 Å². The summed E-state index contributed by atoms with van der Waals surface area (Å²) in [6.07, 6.45) is 5.42. The van der Waals surface area contributed by atoms with Crippen LogP contribution < -0.4 is 14.8 Å². The molecule has 1 N–H and O–H groups in total. The molecule has 2 aromatic rings. The number of hydrogen-bond donors (Lipinski definition) is 1. The lowest BCUT2D eigenvalue weighted by molar-refractivity contribution is -0.117. The molecule has 1 amide bonds. The fraction of sp³-hybridized carbons (Fsp3) is 0.316. The first-order valence-electron chi connectivity index (χ1n) is 8.30. The van der Waals surface area contributed by atoms with Crippen LogP contribution in [-0.2, 0) is 17.8 Å². The summed E-state index contributed by atoms with van der Waals surface area (Å²) >= 11 is 5.66. The van der Waals surface area contributed by atoms with Gasteiger partial charge in [0.15, 0.2) is 11.5 Å². The zero-order chi connectivity index (χ0) is 19.6. The molecule has 0 radical (unpaired) electrons. The number of aromatic nitrogens is 2. The number of methoxy groups -OCH3 is 2. The average molecular weight is 389 g/mol. The predicted octanol–water partition coefficient (Wildman–Crippen LogP) is 2.40.